The molecule has 176 valence electrons. The van der Waals surface area contributed by atoms with Gasteiger partial charge in [-0.3, -0.25) is 9.59 Å². The topological polar surface area (TPSA) is 95.9 Å². The summed E-state index contributed by atoms with van der Waals surface area (Å²) < 4.78 is 5.59. The number of fused-ring (bicyclic) bond motifs is 3. The van der Waals surface area contributed by atoms with Gasteiger partial charge in [0, 0.05) is 31.0 Å². The van der Waals surface area contributed by atoms with E-state index in [1.54, 1.807) is 13.8 Å². The number of rotatable bonds is 10. The summed E-state index contributed by atoms with van der Waals surface area (Å²) in [7, 11) is 0. The number of carbonyl (C=O) groups is 3. The van der Waals surface area contributed by atoms with E-state index in [4.69, 9.17) is 9.84 Å². The Morgan fingerprint density at radius 3 is 2.12 bits per heavy atom. The Kier molecular flexibility index (Phi) is 7.74. The van der Waals surface area contributed by atoms with Crippen molar-refractivity contribution in [2.75, 3.05) is 19.7 Å². The lowest BCUT2D eigenvalue weighted by Gasteiger charge is -2.29. The molecule has 7 nitrogen and oxygen atoms in total. The lowest BCUT2D eigenvalue weighted by atomic mass is 9.98. The predicted molar refractivity (Wildman–Crippen MR) is 126 cm³/mol. The highest BCUT2D eigenvalue weighted by Crippen LogP contribution is 2.44. The van der Waals surface area contributed by atoms with Gasteiger partial charge in [0.05, 0.1) is 6.42 Å². The molecule has 0 atom stereocenters. The molecule has 2 amide bonds. The summed E-state index contributed by atoms with van der Waals surface area (Å²) >= 11 is 0. The molecular weight excluding hydrogens is 420 g/mol. The molecule has 0 radical (unpaired) electrons. The van der Waals surface area contributed by atoms with E-state index < -0.39 is 17.6 Å². The van der Waals surface area contributed by atoms with E-state index in [-0.39, 0.29) is 37.8 Å². The molecular formula is C26H32N2O5. The van der Waals surface area contributed by atoms with Crippen molar-refractivity contribution in [1.82, 2.24) is 10.2 Å². The van der Waals surface area contributed by atoms with Crippen LogP contribution in [0.3, 0.4) is 0 Å². The van der Waals surface area contributed by atoms with E-state index >= 15 is 0 Å². The Hall–Kier alpha value is -3.35. The van der Waals surface area contributed by atoms with Crippen LogP contribution in [0, 0.1) is 0 Å². The van der Waals surface area contributed by atoms with Gasteiger partial charge in [-0.2, -0.15) is 0 Å². The van der Waals surface area contributed by atoms with Crippen molar-refractivity contribution in [3.8, 4) is 11.1 Å². The Morgan fingerprint density at radius 1 is 1.00 bits per heavy atom. The van der Waals surface area contributed by atoms with E-state index in [0.717, 1.165) is 28.7 Å². The second-order valence-electron chi connectivity index (χ2n) is 9.04. The predicted octanol–water partition coefficient (Wildman–Crippen LogP) is 4.41. The van der Waals surface area contributed by atoms with Gasteiger partial charge in [0.25, 0.3) is 0 Å². The number of nitrogens with one attached hydrogen (secondary N) is 1. The van der Waals surface area contributed by atoms with Crippen molar-refractivity contribution in [2.45, 2.75) is 51.5 Å². The summed E-state index contributed by atoms with van der Waals surface area (Å²) in [6.07, 6.45) is 0.0937. The van der Waals surface area contributed by atoms with Gasteiger partial charge >= 0.3 is 12.1 Å². The molecule has 1 aliphatic carbocycles. The van der Waals surface area contributed by atoms with Crippen LogP contribution in [0.15, 0.2) is 48.5 Å². The molecule has 2 aromatic carbocycles. The molecule has 0 spiro atoms. The molecule has 0 fully saturated rings. The number of alkyl carbamates (subject to hydrolysis) is 1. The molecule has 0 saturated carbocycles. The van der Waals surface area contributed by atoms with Gasteiger partial charge < -0.3 is 20.1 Å². The van der Waals surface area contributed by atoms with Crippen LogP contribution < -0.4 is 5.32 Å². The lowest BCUT2D eigenvalue weighted by molar-refractivity contribution is -0.138. The number of carbonyl (C=O) groups excluding carboxylic acids is 2. The fraction of sp³-hybridized carbons (Fsp3) is 0.423. The summed E-state index contributed by atoms with van der Waals surface area (Å²) in [4.78, 5) is 37.7. The fourth-order valence-corrected chi connectivity index (χ4v) is 4.31. The van der Waals surface area contributed by atoms with Gasteiger partial charge in [-0.05, 0) is 42.5 Å². The zero-order valence-electron chi connectivity index (χ0n) is 19.5. The number of benzene rings is 2. The Balaban J connectivity index is 1.59. The minimum Gasteiger partial charge on any atom is -0.481 e. The molecule has 7 heteroatoms. The Labute approximate surface area is 194 Å². The first-order valence-corrected chi connectivity index (χ1v) is 11.3. The third-order valence-electron chi connectivity index (χ3n) is 5.82. The van der Waals surface area contributed by atoms with Crippen LogP contribution in [-0.2, 0) is 14.3 Å². The van der Waals surface area contributed by atoms with Crippen LogP contribution >= 0.6 is 0 Å². The van der Waals surface area contributed by atoms with Crippen LogP contribution in [-0.4, -0.2) is 53.2 Å². The van der Waals surface area contributed by atoms with Crippen LogP contribution in [0.4, 0.5) is 4.79 Å². The third kappa shape index (κ3) is 6.12. The summed E-state index contributed by atoms with van der Waals surface area (Å²) in [5.74, 6) is -1.18. The first kappa shape index (κ1) is 24.3. The maximum Gasteiger partial charge on any atom is 0.407 e. The first-order valence-electron chi connectivity index (χ1n) is 11.3. The van der Waals surface area contributed by atoms with Crippen LogP contribution in [0.25, 0.3) is 11.1 Å². The van der Waals surface area contributed by atoms with Crippen molar-refractivity contribution < 1.29 is 24.2 Å². The smallest absolute Gasteiger partial charge is 0.407 e. The standard InChI is InChI=1S/C26H32N2O5/c1-4-14-28(15-13-24(30)31)23(29)16-26(2,3)27-25(32)33-17-22-20-11-7-5-9-18(20)19-10-6-8-12-21(19)22/h5-12,22H,4,13-17H2,1-3H3,(H,27,32)(H,30,31). The molecule has 1 aliphatic rings. The molecule has 0 bridgehead atoms. The third-order valence-corrected chi connectivity index (χ3v) is 5.82. The zero-order chi connectivity index (χ0) is 24.0. The first-order chi connectivity index (χ1) is 15.7. The number of aliphatic carboxylic acids is 1. The van der Waals surface area contributed by atoms with Crippen molar-refractivity contribution in [2.24, 2.45) is 0 Å². The normalized spacial score (nSPS) is 12.6. The monoisotopic (exact) mass is 452 g/mol. The number of amides is 2. The highest BCUT2D eigenvalue weighted by atomic mass is 16.5. The second-order valence-corrected chi connectivity index (χ2v) is 9.04. The maximum atomic E-state index is 12.7. The van der Waals surface area contributed by atoms with Gasteiger partial charge in [0.15, 0.2) is 0 Å². The van der Waals surface area contributed by atoms with E-state index in [1.165, 1.54) is 4.90 Å². The highest BCUT2D eigenvalue weighted by molar-refractivity contribution is 5.80. The maximum absolute atomic E-state index is 12.7. The fourth-order valence-electron chi connectivity index (χ4n) is 4.31. The number of hydrogen-bond donors (Lipinski definition) is 2. The molecule has 0 unspecified atom stereocenters. The molecule has 33 heavy (non-hydrogen) atoms. The Bertz CT molecular complexity index is 972. The minimum atomic E-state index is -0.945. The Morgan fingerprint density at radius 2 is 1.58 bits per heavy atom. The molecule has 2 aromatic rings. The van der Waals surface area contributed by atoms with Gasteiger partial charge in [-0.15, -0.1) is 0 Å². The van der Waals surface area contributed by atoms with Crippen molar-refractivity contribution in [1.29, 1.82) is 0 Å². The second kappa shape index (κ2) is 10.5. The summed E-state index contributed by atoms with van der Waals surface area (Å²) in [6.45, 7) is 6.28. The summed E-state index contributed by atoms with van der Waals surface area (Å²) in [5.41, 5.74) is 3.74. The molecule has 2 N–H and O–H groups in total. The molecule has 0 aromatic heterocycles. The number of carboxylic acids is 1. The number of nitrogens with zero attached hydrogens (tertiary/aromatic N) is 1. The quantitative estimate of drug-likeness (QED) is 0.557. The SMILES string of the molecule is CCCN(CCC(=O)O)C(=O)CC(C)(C)NC(=O)OCC1c2ccccc2-c2ccccc21. The van der Waals surface area contributed by atoms with Crippen molar-refractivity contribution >= 4 is 18.0 Å². The van der Waals surface area contributed by atoms with Crippen molar-refractivity contribution in [3.05, 3.63) is 59.7 Å². The zero-order valence-corrected chi connectivity index (χ0v) is 19.5. The summed E-state index contributed by atoms with van der Waals surface area (Å²) in [5, 5.41) is 11.7. The van der Waals surface area contributed by atoms with Crippen LogP contribution in [0.5, 0.6) is 0 Å². The largest absolute Gasteiger partial charge is 0.481 e. The van der Waals surface area contributed by atoms with E-state index in [2.05, 4.69) is 29.6 Å². The highest BCUT2D eigenvalue weighted by Gasteiger charge is 2.31. The van der Waals surface area contributed by atoms with E-state index in [1.807, 2.05) is 31.2 Å². The number of carboxylic acid groups (broad SMARTS) is 1. The lowest BCUT2D eigenvalue weighted by Crippen LogP contribution is -2.48. The van der Waals surface area contributed by atoms with Crippen LogP contribution in [0.2, 0.25) is 0 Å². The average Bonchev–Trinajstić information content (AvgIpc) is 3.08. The number of ether oxygens (including phenoxy) is 1. The average molecular weight is 453 g/mol. The van der Waals surface area contributed by atoms with Crippen LogP contribution in [0.1, 0.15) is 57.1 Å². The van der Waals surface area contributed by atoms with Gasteiger partial charge in [0.2, 0.25) is 5.91 Å². The molecule has 3 rings (SSSR count). The molecule has 0 saturated heterocycles. The molecule has 0 heterocycles. The summed E-state index contributed by atoms with van der Waals surface area (Å²) in [6, 6.07) is 16.3. The van der Waals surface area contributed by atoms with Gasteiger partial charge in [-0.25, -0.2) is 4.79 Å². The van der Waals surface area contributed by atoms with Crippen molar-refractivity contribution in [3.63, 3.8) is 0 Å². The number of hydrogen-bond acceptors (Lipinski definition) is 4. The van der Waals surface area contributed by atoms with Gasteiger partial charge in [-0.1, -0.05) is 55.5 Å². The van der Waals surface area contributed by atoms with E-state index in [9.17, 15) is 14.4 Å². The van der Waals surface area contributed by atoms with E-state index in [0.29, 0.717) is 6.54 Å². The minimum absolute atomic E-state index is 0.0380. The molecule has 0 aliphatic heterocycles. The van der Waals surface area contributed by atoms with Gasteiger partial charge in [0.1, 0.15) is 6.61 Å².